The predicted molar refractivity (Wildman–Crippen MR) is 63.8 cm³/mol. The van der Waals surface area contributed by atoms with Crippen molar-refractivity contribution in [2.75, 3.05) is 33.5 Å². The Morgan fingerprint density at radius 3 is 2.94 bits per heavy atom. The first-order chi connectivity index (χ1) is 8.40. The van der Waals surface area contributed by atoms with E-state index in [2.05, 4.69) is 15.3 Å². The first kappa shape index (κ1) is 12.4. The van der Waals surface area contributed by atoms with Gasteiger partial charge in [-0.15, -0.1) is 0 Å². The molecule has 5 heteroatoms. The van der Waals surface area contributed by atoms with Crippen molar-refractivity contribution >= 4 is 0 Å². The van der Waals surface area contributed by atoms with E-state index in [9.17, 15) is 0 Å². The second kappa shape index (κ2) is 6.64. The number of methoxy groups -OCH3 is 1. The van der Waals surface area contributed by atoms with Crippen LogP contribution in [0.2, 0.25) is 0 Å². The van der Waals surface area contributed by atoms with Crippen LogP contribution in [0.15, 0.2) is 12.4 Å². The molecule has 1 fully saturated rings. The van der Waals surface area contributed by atoms with Crippen LogP contribution < -0.4 is 5.32 Å². The molecule has 17 heavy (non-hydrogen) atoms. The van der Waals surface area contributed by atoms with Gasteiger partial charge in [-0.3, -0.25) is 0 Å². The van der Waals surface area contributed by atoms with E-state index in [1.54, 1.807) is 7.11 Å². The van der Waals surface area contributed by atoms with E-state index in [1.165, 1.54) is 0 Å². The quantitative estimate of drug-likeness (QED) is 0.739. The van der Waals surface area contributed by atoms with Gasteiger partial charge in [0.15, 0.2) is 0 Å². The second-order valence-electron chi connectivity index (χ2n) is 4.18. The van der Waals surface area contributed by atoms with Gasteiger partial charge >= 0.3 is 0 Å². The van der Waals surface area contributed by atoms with Crippen molar-refractivity contribution in [3.63, 3.8) is 0 Å². The lowest BCUT2D eigenvalue weighted by Gasteiger charge is -2.07. The number of nitrogens with one attached hydrogen (secondary N) is 1. The monoisotopic (exact) mass is 237 g/mol. The summed E-state index contributed by atoms with van der Waals surface area (Å²) in [4.78, 5) is 8.79. The first-order valence-corrected chi connectivity index (χ1v) is 5.98. The molecular weight excluding hydrogens is 218 g/mol. The molecule has 1 aromatic heterocycles. The molecule has 0 aromatic carbocycles. The van der Waals surface area contributed by atoms with Crippen LogP contribution >= 0.6 is 0 Å². The third-order valence-corrected chi connectivity index (χ3v) is 2.83. The molecule has 0 amide bonds. The van der Waals surface area contributed by atoms with Crippen LogP contribution in [0.25, 0.3) is 0 Å². The van der Waals surface area contributed by atoms with Crippen molar-refractivity contribution in [2.45, 2.75) is 18.9 Å². The van der Waals surface area contributed by atoms with E-state index in [0.717, 1.165) is 50.7 Å². The van der Waals surface area contributed by atoms with Crippen LogP contribution in [0.5, 0.6) is 0 Å². The lowest BCUT2D eigenvalue weighted by molar-refractivity contribution is 0.193. The van der Waals surface area contributed by atoms with Crippen LogP contribution in [0.4, 0.5) is 0 Å². The van der Waals surface area contributed by atoms with Crippen molar-refractivity contribution in [3.8, 4) is 0 Å². The lowest BCUT2D eigenvalue weighted by atomic mass is 10.1. The minimum atomic E-state index is 0.380. The summed E-state index contributed by atoms with van der Waals surface area (Å²) in [5.41, 5.74) is 1.10. The van der Waals surface area contributed by atoms with E-state index in [0.29, 0.717) is 5.92 Å². The summed E-state index contributed by atoms with van der Waals surface area (Å²) >= 11 is 0. The number of ether oxygens (including phenoxy) is 2. The van der Waals surface area contributed by atoms with Gasteiger partial charge in [-0.1, -0.05) is 0 Å². The maximum atomic E-state index is 5.33. The molecule has 0 bridgehead atoms. The third-order valence-electron chi connectivity index (χ3n) is 2.83. The first-order valence-electron chi connectivity index (χ1n) is 5.98. The summed E-state index contributed by atoms with van der Waals surface area (Å²) in [5, 5.41) is 3.26. The van der Waals surface area contributed by atoms with Gasteiger partial charge < -0.3 is 14.8 Å². The molecule has 1 N–H and O–H groups in total. The van der Waals surface area contributed by atoms with Gasteiger partial charge in [0.05, 0.1) is 13.2 Å². The Morgan fingerprint density at radius 1 is 1.47 bits per heavy atom. The largest absolute Gasteiger partial charge is 0.383 e. The van der Waals surface area contributed by atoms with Crippen molar-refractivity contribution in [3.05, 3.63) is 23.8 Å². The fourth-order valence-electron chi connectivity index (χ4n) is 1.81. The summed E-state index contributed by atoms with van der Waals surface area (Å²) in [6.45, 7) is 3.93. The number of hydrogen-bond acceptors (Lipinski definition) is 5. The summed E-state index contributed by atoms with van der Waals surface area (Å²) < 4.78 is 10.3. The Bertz CT molecular complexity index is 323. The zero-order valence-corrected chi connectivity index (χ0v) is 10.2. The van der Waals surface area contributed by atoms with Crippen LogP contribution in [0, 0.1) is 0 Å². The predicted octanol–water partition coefficient (Wildman–Crippen LogP) is 0.716. The molecule has 2 rings (SSSR count). The van der Waals surface area contributed by atoms with Crippen molar-refractivity contribution in [1.82, 2.24) is 15.3 Å². The average molecular weight is 237 g/mol. The molecule has 1 aliphatic rings. The highest BCUT2D eigenvalue weighted by atomic mass is 16.5. The summed E-state index contributed by atoms with van der Waals surface area (Å²) in [6.07, 6.45) is 4.81. The van der Waals surface area contributed by atoms with Crippen molar-refractivity contribution < 1.29 is 9.47 Å². The SMILES string of the molecule is COCCNCc1cnc(C2CCOC2)nc1. The molecule has 1 aromatic rings. The van der Waals surface area contributed by atoms with Gasteiger partial charge in [0.1, 0.15) is 5.82 Å². The Kier molecular flexibility index (Phi) is 4.85. The molecule has 1 aliphatic heterocycles. The minimum absolute atomic E-state index is 0.380. The molecular formula is C12H19N3O2. The van der Waals surface area contributed by atoms with E-state index in [1.807, 2.05) is 12.4 Å². The van der Waals surface area contributed by atoms with Crippen LogP contribution in [0.1, 0.15) is 23.7 Å². The van der Waals surface area contributed by atoms with Gasteiger partial charge in [0.2, 0.25) is 0 Å². The Morgan fingerprint density at radius 2 is 2.29 bits per heavy atom. The summed E-state index contributed by atoms with van der Waals surface area (Å²) in [6, 6.07) is 0. The highest BCUT2D eigenvalue weighted by Crippen LogP contribution is 2.21. The lowest BCUT2D eigenvalue weighted by Crippen LogP contribution is -2.19. The minimum Gasteiger partial charge on any atom is -0.383 e. The van der Waals surface area contributed by atoms with Gasteiger partial charge in [-0.05, 0) is 6.42 Å². The number of rotatable bonds is 6. The van der Waals surface area contributed by atoms with Gasteiger partial charge in [-0.2, -0.15) is 0 Å². The van der Waals surface area contributed by atoms with E-state index in [4.69, 9.17) is 9.47 Å². The Hall–Kier alpha value is -1.04. The zero-order chi connectivity index (χ0) is 11.9. The van der Waals surface area contributed by atoms with Gasteiger partial charge in [0.25, 0.3) is 0 Å². The molecule has 0 radical (unpaired) electrons. The molecule has 0 spiro atoms. The molecule has 2 heterocycles. The molecule has 1 unspecified atom stereocenters. The molecule has 1 atom stereocenters. The normalized spacial score (nSPS) is 19.7. The smallest absolute Gasteiger partial charge is 0.133 e. The fourth-order valence-corrected chi connectivity index (χ4v) is 1.81. The van der Waals surface area contributed by atoms with Gasteiger partial charge in [-0.25, -0.2) is 9.97 Å². The van der Waals surface area contributed by atoms with E-state index < -0.39 is 0 Å². The van der Waals surface area contributed by atoms with Crippen molar-refractivity contribution in [2.24, 2.45) is 0 Å². The second-order valence-corrected chi connectivity index (χ2v) is 4.18. The maximum absolute atomic E-state index is 5.33. The third kappa shape index (κ3) is 3.73. The van der Waals surface area contributed by atoms with Crippen LogP contribution in [-0.4, -0.2) is 43.4 Å². The topological polar surface area (TPSA) is 56.3 Å². The average Bonchev–Trinajstić information content (AvgIpc) is 2.89. The van der Waals surface area contributed by atoms with E-state index >= 15 is 0 Å². The standard InChI is InChI=1S/C12H19N3O2/c1-16-5-3-13-6-10-7-14-12(15-8-10)11-2-4-17-9-11/h7-8,11,13H,2-6,9H2,1H3. The Balaban J connectivity index is 1.80. The van der Waals surface area contributed by atoms with Crippen LogP contribution in [-0.2, 0) is 16.0 Å². The van der Waals surface area contributed by atoms with Gasteiger partial charge in [0, 0.05) is 50.7 Å². The maximum Gasteiger partial charge on any atom is 0.133 e. The zero-order valence-electron chi connectivity index (χ0n) is 10.2. The molecule has 94 valence electrons. The molecule has 5 nitrogen and oxygen atoms in total. The van der Waals surface area contributed by atoms with Crippen molar-refractivity contribution in [1.29, 1.82) is 0 Å². The van der Waals surface area contributed by atoms with Crippen LogP contribution in [0.3, 0.4) is 0 Å². The highest BCUT2D eigenvalue weighted by molar-refractivity contribution is 5.08. The highest BCUT2D eigenvalue weighted by Gasteiger charge is 2.19. The summed E-state index contributed by atoms with van der Waals surface area (Å²) in [7, 11) is 1.70. The fraction of sp³-hybridized carbons (Fsp3) is 0.667. The Labute approximate surface area is 102 Å². The summed E-state index contributed by atoms with van der Waals surface area (Å²) in [5.74, 6) is 1.29. The van der Waals surface area contributed by atoms with E-state index in [-0.39, 0.29) is 0 Å². The molecule has 0 aliphatic carbocycles. The molecule has 0 saturated carbocycles. The number of nitrogens with zero attached hydrogens (tertiary/aromatic N) is 2. The number of hydrogen-bond donors (Lipinski definition) is 1. The number of aromatic nitrogens is 2. The molecule has 1 saturated heterocycles.